The highest BCUT2D eigenvalue weighted by Gasteiger charge is 2.35. The lowest BCUT2D eigenvalue weighted by molar-refractivity contribution is -0.127. The molecule has 0 bridgehead atoms. The summed E-state index contributed by atoms with van der Waals surface area (Å²) in [5.41, 5.74) is 0.853. The summed E-state index contributed by atoms with van der Waals surface area (Å²) in [5.74, 6) is 1.35. The van der Waals surface area contributed by atoms with Gasteiger partial charge in [-0.15, -0.1) is 0 Å². The molecule has 0 aliphatic heterocycles. The van der Waals surface area contributed by atoms with E-state index in [9.17, 15) is 9.59 Å². The fourth-order valence-electron chi connectivity index (χ4n) is 4.36. The van der Waals surface area contributed by atoms with Crippen molar-refractivity contribution in [2.45, 2.75) is 38.8 Å². The Morgan fingerprint density at radius 2 is 1.49 bits per heavy atom. The minimum Gasteiger partial charge on any atom is -0.493 e. The first-order valence-corrected chi connectivity index (χ1v) is 13.0. The third kappa shape index (κ3) is 7.56. The van der Waals surface area contributed by atoms with Crippen molar-refractivity contribution in [3.8, 4) is 28.7 Å². The number of rotatable bonds is 12. The van der Waals surface area contributed by atoms with Gasteiger partial charge in [-0.1, -0.05) is 6.07 Å². The normalized spacial score (nSPS) is 11.7. The van der Waals surface area contributed by atoms with Gasteiger partial charge in [-0.25, -0.2) is 4.98 Å². The molecular weight excluding hydrogens is 528 g/mol. The number of carbonyl (C=O) groups excluding carboxylic acids is 2. The van der Waals surface area contributed by atoms with Crippen LogP contribution >= 0.6 is 0 Å². The second kappa shape index (κ2) is 13.7. The predicted molar refractivity (Wildman–Crippen MR) is 153 cm³/mol. The Bertz CT molecular complexity index is 1320. The van der Waals surface area contributed by atoms with Crippen LogP contribution < -0.4 is 29.0 Å². The first kappa shape index (κ1) is 31.0. The summed E-state index contributed by atoms with van der Waals surface area (Å²) >= 11 is 0. The Kier molecular flexibility index (Phi) is 10.3. The smallest absolute Gasteiger partial charge is 0.275 e. The van der Waals surface area contributed by atoms with Crippen molar-refractivity contribution in [3.63, 3.8) is 0 Å². The maximum absolute atomic E-state index is 14.0. The van der Waals surface area contributed by atoms with Gasteiger partial charge in [0.25, 0.3) is 5.91 Å². The fraction of sp³-hybridized carbons (Fsp3) is 0.400. The van der Waals surface area contributed by atoms with Crippen LogP contribution in [-0.4, -0.2) is 74.3 Å². The van der Waals surface area contributed by atoms with Gasteiger partial charge < -0.3 is 33.9 Å². The predicted octanol–water partition coefficient (Wildman–Crippen LogP) is 3.86. The van der Waals surface area contributed by atoms with Gasteiger partial charge >= 0.3 is 0 Å². The average Bonchev–Trinajstić information content (AvgIpc) is 2.97. The Morgan fingerprint density at radius 3 is 2.00 bits per heavy atom. The average molecular weight is 567 g/mol. The van der Waals surface area contributed by atoms with Crippen molar-refractivity contribution in [1.82, 2.24) is 20.2 Å². The topological polar surface area (TPSA) is 121 Å². The zero-order valence-corrected chi connectivity index (χ0v) is 24.8. The molecular formula is C30H38N4O7. The monoisotopic (exact) mass is 566 g/mol. The molecule has 0 aliphatic carbocycles. The summed E-state index contributed by atoms with van der Waals surface area (Å²) in [6.45, 7) is 5.77. The molecule has 220 valence electrons. The molecule has 0 radical (unpaired) electrons. The molecule has 0 saturated heterocycles. The quantitative estimate of drug-likeness (QED) is 0.348. The molecule has 0 aliphatic rings. The second-order valence-electron chi connectivity index (χ2n) is 10.1. The lowest BCUT2D eigenvalue weighted by Gasteiger charge is -2.34. The summed E-state index contributed by atoms with van der Waals surface area (Å²) in [6, 6.07) is 7.77. The van der Waals surface area contributed by atoms with E-state index in [-0.39, 0.29) is 12.2 Å². The SMILES string of the molecule is COc1ccc(CCN(C(=O)c2cnccn2)[C@H](C(=O)NC(C)(C)C)c2cc(OC)c(OC)c(OC)c2)cc1OC. The van der Waals surface area contributed by atoms with E-state index in [2.05, 4.69) is 15.3 Å². The van der Waals surface area contributed by atoms with Crippen molar-refractivity contribution < 1.29 is 33.3 Å². The molecule has 0 fully saturated rings. The molecule has 0 unspecified atom stereocenters. The highest BCUT2D eigenvalue weighted by Crippen LogP contribution is 2.41. The van der Waals surface area contributed by atoms with E-state index in [0.29, 0.717) is 40.7 Å². The van der Waals surface area contributed by atoms with Gasteiger partial charge in [0.15, 0.2) is 23.0 Å². The largest absolute Gasteiger partial charge is 0.493 e. The van der Waals surface area contributed by atoms with Crippen molar-refractivity contribution in [2.75, 3.05) is 42.1 Å². The number of hydrogen-bond donors (Lipinski definition) is 1. The Labute approximate surface area is 240 Å². The highest BCUT2D eigenvalue weighted by atomic mass is 16.5. The number of amides is 2. The van der Waals surface area contributed by atoms with Crippen molar-refractivity contribution >= 4 is 11.8 Å². The van der Waals surface area contributed by atoms with Crippen LogP contribution in [0.1, 0.15) is 48.4 Å². The third-order valence-electron chi connectivity index (χ3n) is 6.19. The molecule has 41 heavy (non-hydrogen) atoms. The molecule has 3 rings (SSSR count). The molecule has 11 nitrogen and oxygen atoms in total. The highest BCUT2D eigenvalue weighted by molar-refractivity contribution is 5.96. The summed E-state index contributed by atoms with van der Waals surface area (Å²) in [6.07, 6.45) is 4.69. The number of nitrogens with zero attached hydrogens (tertiary/aromatic N) is 3. The van der Waals surface area contributed by atoms with Crippen LogP contribution in [0.25, 0.3) is 0 Å². The van der Waals surface area contributed by atoms with Crippen molar-refractivity contribution in [1.29, 1.82) is 0 Å². The van der Waals surface area contributed by atoms with Crippen LogP contribution in [0.15, 0.2) is 48.9 Å². The molecule has 1 atom stereocenters. The summed E-state index contributed by atoms with van der Waals surface area (Å²) in [4.78, 5) is 37.8. The van der Waals surface area contributed by atoms with Crippen molar-refractivity contribution in [3.05, 3.63) is 65.7 Å². The van der Waals surface area contributed by atoms with Crippen LogP contribution in [0.5, 0.6) is 28.7 Å². The minimum atomic E-state index is -1.09. The maximum Gasteiger partial charge on any atom is 0.275 e. The van der Waals surface area contributed by atoms with Gasteiger partial charge in [-0.05, 0) is 62.6 Å². The number of nitrogens with one attached hydrogen (secondary N) is 1. The number of carbonyl (C=O) groups is 2. The molecule has 3 aromatic rings. The van der Waals surface area contributed by atoms with Gasteiger partial charge in [0.2, 0.25) is 11.7 Å². The summed E-state index contributed by atoms with van der Waals surface area (Å²) < 4.78 is 27.4. The van der Waals surface area contributed by atoms with E-state index >= 15 is 0 Å². The van der Waals surface area contributed by atoms with E-state index in [1.54, 1.807) is 32.4 Å². The molecule has 1 N–H and O–H groups in total. The molecule has 2 amide bonds. The van der Waals surface area contributed by atoms with Gasteiger partial charge in [-0.3, -0.25) is 14.6 Å². The van der Waals surface area contributed by atoms with Crippen LogP contribution in [0.3, 0.4) is 0 Å². The van der Waals surface area contributed by atoms with Crippen molar-refractivity contribution in [2.24, 2.45) is 0 Å². The van der Waals surface area contributed by atoms with E-state index in [0.717, 1.165) is 5.56 Å². The molecule has 0 saturated carbocycles. The number of ether oxygens (including phenoxy) is 5. The van der Waals surface area contributed by atoms with Gasteiger partial charge in [0, 0.05) is 24.5 Å². The van der Waals surface area contributed by atoms with Gasteiger partial charge in [0.1, 0.15) is 11.7 Å². The minimum absolute atomic E-state index is 0.0980. The van der Waals surface area contributed by atoms with Crippen LogP contribution in [0.2, 0.25) is 0 Å². The Balaban J connectivity index is 2.17. The first-order valence-electron chi connectivity index (χ1n) is 13.0. The van der Waals surface area contributed by atoms with E-state index in [1.165, 1.54) is 44.8 Å². The second-order valence-corrected chi connectivity index (χ2v) is 10.1. The maximum atomic E-state index is 14.0. The first-order chi connectivity index (χ1) is 19.6. The standard InChI is InChI=1S/C30H38N4O7/c1-30(2,3)33-28(35)26(20-16-24(39-6)27(41-8)25(17-20)40-7)34(29(36)21-18-31-12-13-32-21)14-11-19-9-10-22(37-4)23(15-19)38-5/h9-10,12-13,15-18,26H,11,14H2,1-8H3,(H,33,35)/t26-/m0/s1. The lowest BCUT2D eigenvalue weighted by atomic mass is 9.99. The van der Waals surface area contributed by atoms with Crippen LogP contribution in [0.4, 0.5) is 0 Å². The van der Waals surface area contributed by atoms with Crippen LogP contribution in [0, 0.1) is 0 Å². The summed E-state index contributed by atoms with van der Waals surface area (Å²) in [5, 5.41) is 3.02. The van der Waals surface area contributed by atoms with Gasteiger partial charge in [-0.2, -0.15) is 0 Å². The summed E-state index contributed by atoms with van der Waals surface area (Å²) in [7, 11) is 7.60. The Hall–Kier alpha value is -4.54. The molecule has 1 aromatic heterocycles. The molecule has 0 spiro atoms. The van der Waals surface area contributed by atoms with E-state index in [4.69, 9.17) is 23.7 Å². The Morgan fingerprint density at radius 1 is 0.854 bits per heavy atom. The van der Waals surface area contributed by atoms with E-state index < -0.39 is 23.4 Å². The van der Waals surface area contributed by atoms with E-state index in [1.807, 2.05) is 32.9 Å². The molecule has 2 aromatic carbocycles. The molecule has 1 heterocycles. The zero-order chi connectivity index (χ0) is 30.2. The van der Waals surface area contributed by atoms with Gasteiger partial charge in [0.05, 0.1) is 41.7 Å². The number of benzene rings is 2. The number of hydrogen-bond acceptors (Lipinski definition) is 9. The zero-order valence-electron chi connectivity index (χ0n) is 24.8. The van der Waals surface area contributed by atoms with Crippen LogP contribution in [-0.2, 0) is 11.2 Å². The lowest BCUT2D eigenvalue weighted by Crippen LogP contribution is -2.50. The number of aromatic nitrogens is 2. The third-order valence-corrected chi connectivity index (χ3v) is 6.19. The number of methoxy groups -OCH3 is 5. The fourth-order valence-corrected chi connectivity index (χ4v) is 4.36. The molecule has 11 heteroatoms.